The molecule has 0 aromatic heterocycles. The van der Waals surface area contributed by atoms with Crippen LogP contribution in [0.25, 0.3) is 0 Å². The molecule has 0 heterocycles. The zero-order valence-electron chi connectivity index (χ0n) is 8.70. The molecule has 0 aromatic rings. The van der Waals surface area contributed by atoms with Crippen molar-refractivity contribution >= 4 is 11.9 Å². The predicted molar refractivity (Wildman–Crippen MR) is 49.9 cm³/mol. The number of carbonyl (C=O) groups is 2. The second kappa shape index (κ2) is 2.97. The van der Waals surface area contributed by atoms with Crippen LogP contribution in [-0.2, 0) is 9.59 Å². The van der Waals surface area contributed by atoms with Crippen LogP contribution in [0.1, 0.15) is 33.6 Å². The molecule has 14 heavy (non-hydrogen) atoms. The van der Waals surface area contributed by atoms with E-state index < -0.39 is 17.4 Å². The molecule has 0 bridgehead atoms. The largest absolute Gasteiger partial charge is 0.480 e. The van der Waals surface area contributed by atoms with E-state index in [1.54, 1.807) is 0 Å². The van der Waals surface area contributed by atoms with Gasteiger partial charge in [0.05, 0.1) is 0 Å². The van der Waals surface area contributed by atoms with Gasteiger partial charge >= 0.3 is 11.9 Å². The van der Waals surface area contributed by atoms with Gasteiger partial charge in [0, 0.05) is 0 Å². The highest BCUT2D eigenvalue weighted by molar-refractivity contribution is 5.99. The summed E-state index contributed by atoms with van der Waals surface area (Å²) in [6.45, 7) is 6.02. The molecule has 0 atom stereocenters. The van der Waals surface area contributed by atoms with Crippen LogP contribution in [-0.4, -0.2) is 22.2 Å². The van der Waals surface area contributed by atoms with E-state index in [1.807, 2.05) is 20.8 Å². The molecule has 0 aromatic carbocycles. The van der Waals surface area contributed by atoms with E-state index >= 15 is 0 Å². The highest BCUT2D eigenvalue weighted by atomic mass is 16.4. The van der Waals surface area contributed by atoms with Gasteiger partial charge in [-0.3, -0.25) is 9.59 Å². The molecule has 1 saturated carbocycles. The molecule has 4 heteroatoms. The van der Waals surface area contributed by atoms with Crippen LogP contribution in [0.15, 0.2) is 0 Å². The number of aliphatic carboxylic acids is 2. The Morgan fingerprint density at radius 3 is 1.71 bits per heavy atom. The lowest BCUT2D eigenvalue weighted by atomic mass is 9.54. The fourth-order valence-electron chi connectivity index (χ4n) is 1.83. The summed E-state index contributed by atoms with van der Waals surface area (Å²) >= 11 is 0. The first kappa shape index (κ1) is 11.0. The topological polar surface area (TPSA) is 74.6 Å². The first-order chi connectivity index (χ1) is 6.20. The fourth-order valence-corrected chi connectivity index (χ4v) is 1.83. The zero-order chi connectivity index (χ0) is 11.1. The SMILES string of the molecule is CC(C)(C)C1CC(C(=O)O)(C(=O)O)C1. The van der Waals surface area contributed by atoms with Crippen molar-refractivity contribution in [1.29, 1.82) is 0 Å². The van der Waals surface area contributed by atoms with Crippen LogP contribution in [0.4, 0.5) is 0 Å². The van der Waals surface area contributed by atoms with Gasteiger partial charge in [0.1, 0.15) is 0 Å². The maximum atomic E-state index is 10.8. The third kappa shape index (κ3) is 1.49. The van der Waals surface area contributed by atoms with E-state index in [4.69, 9.17) is 10.2 Å². The van der Waals surface area contributed by atoms with Crippen molar-refractivity contribution in [2.45, 2.75) is 33.6 Å². The molecule has 0 radical (unpaired) electrons. The Morgan fingerprint density at radius 1 is 1.14 bits per heavy atom. The summed E-state index contributed by atoms with van der Waals surface area (Å²) in [5.41, 5.74) is -1.52. The van der Waals surface area contributed by atoms with Crippen LogP contribution in [0.2, 0.25) is 0 Å². The van der Waals surface area contributed by atoms with Gasteiger partial charge in [0.2, 0.25) is 0 Å². The van der Waals surface area contributed by atoms with Gasteiger partial charge in [-0.15, -0.1) is 0 Å². The van der Waals surface area contributed by atoms with Crippen molar-refractivity contribution in [1.82, 2.24) is 0 Å². The van der Waals surface area contributed by atoms with Crippen molar-refractivity contribution in [3.63, 3.8) is 0 Å². The number of carboxylic acid groups (broad SMARTS) is 2. The quantitative estimate of drug-likeness (QED) is 0.664. The van der Waals surface area contributed by atoms with E-state index in [0.717, 1.165) is 0 Å². The number of hydrogen-bond donors (Lipinski definition) is 2. The number of rotatable bonds is 2. The fraction of sp³-hybridized carbons (Fsp3) is 0.800. The minimum atomic E-state index is -1.52. The average Bonchev–Trinajstić information content (AvgIpc) is 1.77. The molecular weight excluding hydrogens is 184 g/mol. The molecule has 1 rings (SSSR count). The number of carboxylic acids is 2. The standard InChI is InChI=1S/C10H16O4/c1-9(2,3)6-4-10(5-6,7(11)12)8(13)14/h6H,4-5H2,1-3H3,(H,11,12)(H,13,14). The molecule has 0 saturated heterocycles. The normalized spacial score (nSPS) is 21.4. The molecule has 1 aliphatic rings. The highest BCUT2D eigenvalue weighted by Crippen LogP contribution is 2.53. The molecule has 80 valence electrons. The van der Waals surface area contributed by atoms with Crippen LogP contribution in [0.3, 0.4) is 0 Å². The lowest BCUT2D eigenvalue weighted by molar-refractivity contribution is -0.179. The Bertz CT molecular complexity index is 252. The second-order valence-corrected chi connectivity index (χ2v) is 5.16. The Morgan fingerprint density at radius 2 is 1.50 bits per heavy atom. The van der Waals surface area contributed by atoms with E-state index in [9.17, 15) is 9.59 Å². The van der Waals surface area contributed by atoms with Gasteiger partial charge in [-0.2, -0.15) is 0 Å². The molecule has 2 N–H and O–H groups in total. The molecular formula is C10H16O4. The Kier molecular flexibility index (Phi) is 2.34. The maximum Gasteiger partial charge on any atom is 0.321 e. The first-order valence-corrected chi connectivity index (χ1v) is 4.67. The van der Waals surface area contributed by atoms with E-state index in [-0.39, 0.29) is 24.2 Å². The van der Waals surface area contributed by atoms with Gasteiger partial charge in [0.15, 0.2) is 5.41 Å². The van der Waals surface area contributed by atoms with E-state index in [1.165, 1.54) is 0 Å². The third-order valence-corrected chi connectivity index (χ3v) is 3.23. The van der Waals surface area contributed by atoms with E-state index in [2.05, 4.69) is 0 Å². The van der Waals surface area contributed by atoms with Crippen molar-refractivity contribution < 1.29 is 19.8 Å². The molecule has 1 aliphatic carbocycles. The minimum Gasteiger partial charge on any atom is -0.480 e. The molecule has 0 unspecified atom stereocenters. The Hall–Kier alpha value is -1.06. The molecule has 0 amide bonds. The van der Waals surface area contributed by atoms with Crippen LogP contribution in [0.5, 0.6) is 0 Å². The van der Waals surface area contributed by atoms with Crippen LogP contribution < -0.4 is 0 Å². The van der Waals surface area contributed by atoms with Gasteiger partial charge in [0.25, 0.3) is 0 Å². The van der Waals surface area contributed by atoms with Gasteiger partial charge in [-0.05, 0) is 24.2 Å². The highest BCUT2D eigenvalue weighted by Gasteiger charge is 2.59. The predicted octanol–water partition coefficient (Wildman–Crippen LogP) is 1.60. The zero-order valence-corrected chi connectivity index (χ0v) is 8.70. The minimum absolute atomic E-state index is 0.00556. The molecule has 1 fully saturated rings. The van der Waals surface area contributed by atoms with Gasteiger partial charge in [-0.1, -0.05) is 20.8 Å². The summed E-state index contributed by atoms with van der Waals surface area (Å²) < 4.78 is 0. The molecule has 4 nitrogen and oxygen atoms in total. The van der Waals surface area contributed by atoms with Gasteiger partial charge < -0.3 is 10.2 Å². The summed E-state index contributed by atoms with van der Waals surface area (Å²) in [6.07, 6.45) is 0.502. The monoisotopic (exact) mass is 200 g/mol. The molecule has 0 aliphatic heterocycles. The Balaban J connectivity index is 2.76. The number of hydrogen-bond acceptors (Lipinski definition) is 2. The molecule has 0 spiro atoms. The van der Waals surface area contributed by atoms with Crippen molar-refractivity contribution in [3.8, 4) is 0 Å². The summed E-state index contributed by atoms with van der Waals surface area (Å²) in [4.78, 5) is 21.7. The summed E-state index contributed by atoms with van der Waals surface area (Å²) in [7, 11) is 0. The smallest absolute Gasteiger partial charge is 0.321 e. The Labute approximate surface area is 82.9 Å². The van der Waals surface area contributed by atoms with Crippen LogP contribution in [0, 0.1) is 16.7 Å². The second-order valence-electron chi connectivity index (χ2n) is 5.16. The summed E-state index contributed by atoms with van der Waals surface area (Å²) in [6, 6.07) is 0. The maximum absolute atomic E-state index is 10.8. The summed E-state index contributed by atoms with van der Waals surface area (Å²) in [5, 5.41) is 17.7. The summed E-state index contributed by atoms with van der Waals surface area (Å²) in [5.74, 6) is -2.22. The van der Waals surface area contributed by atoms with Gasteiger partial charge in [-0.25, -0.2) is 0 Å². The third-order valence-electron chi connectivity index (χ3n) is 3.23. The van der Waals surface area contributed by atoms with E-state index in [0.29, 0.717) is 0 Å². The lowest BCUT2D eigenvalue weighted by Gasteiger charge is -2.47. The van der Waals surface area contributed by atoms with Crippen molar-refractivity contribution in [3.05, 3.63) is 0 Å². The first-order valence-electron chi connectivity index (χ1n) is 4.67. The average molecular weight is 200 g/mol. The van der Waals surface area contributed by atoms with Crippen LogP contribution >= 0.6 is 0 Å². The lowest BCUT2D eigenvalue weighted by Crippen LogP contribution is -2.53. The van der Waals surface area contributed by atoms with Crippen molar-refractivity contribution in [2.75, 3.05) is 0 Å². The van der Waals surface area contributed by atoms with Crippen molar-refractivity contribution in [2.24, 2.45) is 16.7 Å².